The number of benzene rings is 1. The summed E-state index contributed by atoms with van der Waals surface area (Å²) >= 11 is 1.52. The molecule has 3 amide bonds. The second-order valence-corrected chi connectivity index (χ2v) is 7.45. The molecular weight excluding hydrogens is 336 g/mol. The number of carbonyl (C=O) groups is 2. The van der Waals surface area contributed by atoms with E-state index in [1.54, 1.807) is 11.9 Å². The minimum absolute atomic E-state index is 0.163. The number of imide groups is 1. The van der Waals surface area contributed by atoms with Crippen molar-refractivity contribution in [2.45, 2.75) is 24.6 Å². The van der Waals surface area contributed by atoms with Crippen molar-refractivity contribution in [3.63, 3.8) is 0 Å². The molecule has 0 aliphatic carbocycles. The van der Waals surface area contributed by atoms with Crippen LogP contribution in [-0.2, 0) is 4.79 Å². The van der Waals surface area contributed by atoms with Gasteiger partial charge in [0.1, 0.15) is 0 Å². The summed E-state index contributed by atoms with van der Waals surface area (Å²) in [6.07, 6.45) is 4.88. The summed E-state index contributed by atoms with van der Waals surface area (Å²) in [5.41, 5.74) is 2.24. The fourth-order valence-electron chi connectivity index (χ4n) is 3.43. The second-order valence-electron chi connectivity index (χ2n) is 6.32. The molecule has 7 heteroatoms. The summed E-state index contributed by atoms with van der Waals surface area (Å²) in [6.45, 7) is 2.04. The lowest BCUT2D eigenvalue weighted by atomic mass is 9.95. The first-order chi connectivity index (χ1) is 12.0. The molecule has 2 fully saturated rings. The van der Waals surface area contributed by atoms with Gasteiger partial charge in [0, 0.05) is 14.1 Å². The molecule has 1 aromatic carbocycles. The molecule has 1 aromatic rings. The van der Waals surface area contributed by atoms with Crippen LogP contribution in [0.3, 0.4) is 0 Å². The average molecular weight is 358 g/mol. The molecule has 0 aromatic heterocycles. The third-order valence-corrected chi connectivity index (χ3v) is 5.92. The molecule has 0 radical (unpaired) electrons. The molecule has 6 nitrogen and oxygen atoms in total. The third kappa shape index (κ3) is 3.13. The molecule has 132 valence electrons. The van der Waals surface area contributed by atoms with Crippen LogP contribution in [0.15, 0.2) is 24.3 Å². The van der Waals surface area contributed by atoms with E-state index in [0.29, 0.717) is 5.75 Å². The van der Waals surface area contributed by atoms with E-state index >= 15 is 0 Å². The first kappa shape index (κ1) is 17.8. The predicted molar refractivity (Wildman–Crippen MR) is 98.5 cm³/mol. The second kappa shape index (κ2) is 7.08. The molecule has 3 rings (SSSR count). The van der Waals surface area contributed by atoms with Gasteiger partial charge in [-0.1, -0.05) is 30.2 Å². The predicted octanol–water partition coefficient (Wildman–Crippen LogP) is 1.35. The zero-order valence-electron chi connectivity index (χ0n) is 14.5. The van der Waals surface area contributed by atoms with Crippen molar-refractivity contribution in [2.24, 2.45) is 5.92 Å². The number of rotatable bonds is 3. The molecule has 2 saturated heterocycles. The third-order valence-electron chi connectivity index (χ3n) is 4.80. The molecule has 0 spiro atoms. The smallest absolute Gasteiger partial charge is 0.311 e. The van der Waals surface area contributed by atoms with E-state index in [2.05, 4.69) is 16.6 Å². The Hall–Kier alpha value is -2.01. The van der Waals surface area contributed by atoms with Crippen molar-refractivity contribution in [3.05, 3.63) is 35.4 Å². The summed E-state index contributed by atoms with van der Waals surface area (Å²) in [7, 11) is 3.24. The Kier molecular flexibility index (Phi) is 5.04. The molecule has 4 atom stereocenters. The van der Waals surface area contributed by atoms with Gasteiger partial charge >= 0.3 is 6.03 Å². The topological polar surface area (TPSA) is 64.7 Å². The van der Waals surface area contributed by atoms with E-state index in [0.717, 1.165) is 11.1 Å². The van der Waals surface area contributed by atoms with Crippen LogP contribution in [0, 0.1) is 25.2 Å². The maximum Gasteiger partial charge on any atom is 0.327 e. The van der Waals surface area contributed by atoms with E-state index in [1.807, 2.05) is 31.2 Å². The Bertz CT molecular complexity index is 732. The summed E-state index contributed by atoms with van der Waals surface area (Å²) in [5, 5.41) is 6.75. The van der Waals surface area contributed by atoms with Crippen LogP contribution in [0.2, 0.25) is 0 Å². The van der Waals surface area contributed by atoms with E-state index < -0.39 is 5.92 Å². The van der Waals surface area contributed by atoms with Gasteiger partial charge in [0.25, 0.3) is 0 Å². The number of urea groups is 1. The zero-order chi connectivity index (χ0) is 18.1. The number of hydrogen-bond donors (Lipinski definition) is 2. The summed E-state index contributed by atoms with van der Waals surface area (Å²) in [6, 6.07) is 7.76. The first-order valence-corrected chi connectivity index (χ1v) is 9.17. The molecule has 2 aliphatic rings. The fraction of sp³-hybridized carbons (Fsp3) is 0.444. The highest BCUT2D eigenvalue weighted by molar-refractivity contribution is 8.00. The minimum Gasteiger partial charge on any atom is -0.311 e. The van der Waals surface area contributed by atoms with Gasteiger partial charge in [-0.3, -0.25) is 20.3 Å². The van der Waals surface area contributed by atoms with E-state index in [9.17, 15) is 9.59 Å². The Morgan fingerprint density at radius 2 is 1.96 bits per heavy atom. The van der Waals surface area contributed by atoms with Gasteiger partial charge in [0.15, 0.2) is 0 Å². The van der Waals surface area contributed by atoms with Gasteiger partial charge in [0.2, 0.25) is 5.91 Å². The summed E-state index contributed by atoms with van der Waals surface area (Å²) < 4.78 is 0. The average Bonchev–Trinajstić information content (AvgIpc) is 2.62. The molecule has 25 heavy (non-hydrogen) atoms. The standard InChI is InChI=1S/C18H22N4O2S/c1-5-10-25-16-13-15(21(3)18(24)22(4)17(13)23)19-14(20-16)12-9-7-6-8-11(12)2/h1,6-9,13-16,19-20H,10H2,2-4H3. The van der Waals surface area contributed by atoms with Crippen LogP contribution in [0.4, 0.5) is 4.79 Å². The van der Waals surface area contributed by atoms with Crippen molar-refractivity contribution >= 4 is 23.7 Å². The number of thioether (sulfide) groups is 1. The number of hydrogen-bond acceptors (Lipinski definition) is 5. The van der Waals surface area contributed by atoms with Gasteiger partial charge in [-0.05, 0) is 18.1 Å². The highest BCUT2D eigenvalue weighted by Gasteiger charge is 2.51. The number of terminal acetylenes is 1. The lowest BCUT2D eigenvalue weighted by Gasteiger charge is -2.50. The van der Waals surface area contributed by atoms with Gasteiger partial charge < -0.3 is 4.90 Å². The molecule has 0 saturated carbocycles. The molecule has 0 bridgehead atoms. The first-order valence-electron chi connectivity index (χ1n) is 8.12. The highest BCUT2D eigenvalue weighted by atomic mass is 32.2. The minimum atomic E-state index is -0.397. The van der Waals surface area contributed by atoms with Crippen molar-refractivity contribution < 1.29 is 9.59 Å². The van der Waals surface area contributed by atoms with Crippen LogP contribution >= 0.6 is 11.8 Å². The van der Waals surface area contributed by atoms with Crippen LogP contribution in [-0.4, -0.2) is 53.1 Å². The fourth-order valence-corrected chi connectivity index (χ4v) is 4.41. The number of nitrogens with one attached hydrogen (secondary N) is 2. The molecule has 2 heterocycles. The van der Waals surface area contributed by atoms with Crippen LogP contribution in [0.1, 0.15) is 17.3 Å². The lowest BCUT2D eigenvalue weighted by molar-refractivity contribution is -0.140. The monoisotopic (exact) mass is 358 g/mol. The molecular formula is C18H22N4O2S. The van der Waals surface area contributed by atoms with Crippen molar-refractivity contribution in [1.29, 1.82) is 0 Å². The quantitative estimate of drug-likeness (QED) is 0.799. The Balaban J connectivity index is 1.96. The summed E-state index contributed by atoms with van der Waals surface area (Å²) in [4.78, 5) is 27.9. The van der Waals surface area contributed by atoms with E-state index in [4.69, 9.17) is 6.42 Å². The number of aryl methyl sites for hydroxylation is 1. The largest absolute Gasteiger partial charge is 0.327 e. The number of amides is 3. The summed E-state index contributed by atoms with van der Waals surface area (Å²) in [5.74, 6) is 2.53. The van der Waals surface area contributed by atoms with E-state index in [-0.39, 0.29) is 29.6 Å². The van der Waals surface area contributed by atoms with Crippen molar-refractivity contribution in [3.8, 4) is 12.3 Å². The number of carbonyl (C=O) groups excluding carboxylic acids is 2. The van der Waals surface area contributed by atoms with Crippen LogP contribution in [0.5, 0.6) is 0 Å². The molecule has 2 aliphatic heterocycles. The van der Waals surface area contributed by atoms with Gasteiger partial charge in [-0.25, -0.2) is 4.79 Å². The number of nitrogens with zero attached hydrogens (tertiary/aromatic N) is 2. The molecule has 2 N–H and O–H groups in total. The van der Waals surface area contributed by atoms with Gasteiger partial charge in [-0.15, -0.1) is 18.2 Å². The highest BCUT2D eigenvalue weighted by Crippen LogP contribution is 2.34. The van der Waals surface area contributed by atoms with E-state index in [1.165, 1.54) is 23.7 Å². The van der Waals surface area contributed by atoms with Crippen molar-refractivity contribution in [2.75, 3.05) is 19.8 Å². The Labute approximate surface area is 152 Å². The SMILES string of the molecule is C#CCSC1NC(c2ccccc2C)NC2C1C(=O)N(C)C(=O)N2C. The van der Waals surface area contributed by atoms with Crippen LogP contribution < -0.4 is 10.6 Å². The lowest BCUT2D eigenvalue weighted by Crippen LogP contribution is -2.72. The Morgan fingerprint density at radius 3 is 2.64 bits per heavy atom. The van der Waals surface area contributed by atoms with Gasteiger partial charge in [0.05, 0.1) is 29.4 Å². The van der Waals surface area contributed by atoms with Crippen molar-refractivity contribution in [1.82, 2.24) is 20.4 Å². The number of fused-ring (bicyclic) bond motifs is 1. The van der Waals surface area contributed by atoms with Crippen LogP contribution in [0.25, 0.3) is 0 Å². The molecule has 4 unspecified atom stereocenters. The van der Waals surface area contributed by atoms with Gasteiger partial charge in [-0.2, -0.15) is 0 Å². The Morgan fingerprint density at radius 1 is 1.24 bits per heavy atom. The normalized spacial score (nSPS) is 29.4. The zero-order valence-corrected chi connectivity index (χ0v) is 15.3. The maximum atomic E-state index is 12.7. The maximum absolute atomic E-state index is 12.7.